The highest BCUT2D eigenvalue weighted by Gasteiger charge is 2.38. The lowest BCUT2D eigenvalue weighted by molar-refractivity contribution is -0.107. The summed E-state index contributed by atoms with van der Waals surface area (Å²) in [5, 5.41) is 6.84. The van der Waals surface area contributed by atoms with Crippen LogP contribution in [0.1, 0.15) is 51.2 Å². The number of likely N-dealkylation sites (N-methyl/N-ethyl adjacent to an activating group) is 1. The van der Waals surface area contributed by atoms with Crippen molar-refractivity contribution in [3.05, 3.63) is 77.9 Å². The van der Waals surface area contributed by atoms with Gasteiger partial charge >= 0.3 is 6.18 Å². The number of rotatable bonds is 9. The maximum atomic E-state index is 12.6. The Balaban J connectivity index is 0.000000252. The molecule has 0 radical (unpaired) electrons. The van der Waals surface area contributed by atoms with Crippen molar-refractivity contribution < 1.29 is 18.0 Å². The second-order valence-electron chi connectivity index (χ2n) is 10.6. The molecule has 216 valence electrons. The standard InChI is InChI=1S/C18H14F3N3O.C13H26N2/c19-18(20,21)17-10-16(22-23-17)14-8-6-13(7-9-14)11-24(12-25)15-4-2-1-3-5-15;1-6-7-11(2)8-15-12(3)9-14(5)10-13(15)4/h1-9,12H,10-11H2;12-13H,2,6-10H2,1,3-5H3. The fourth-order valence-electron chi connectivity index (χ4n) is 5.10. The summed E-state index contributed by atoms with van der Waals surface area (Å²) in [5.41, 5.74) is 3.00. The summed E-state index contributed by atoms with van der Waals surface area (Å²) in [7, 11) is 2.21. The van der Waals surface area contributed by atoms with Gasteiger partial charge in [-0.25, -0.2) is 0 Å². The highest BCUT2D eigenvalue weighted by molar-refractivity contribution is 6.16. The number of carbonyl (C=O) groups excluding carboxylic acids is 1. The van der Waals surface area contributed by atoms with Gasteiger partial charge in [0.05, 0.1) is 12.3 Å². The number of anilines is 1. The first-order valence-corrected chi connectivity index (χ1v) is 13.7. The van der Waals surface area contributed by atoms with Gasteiger partial charge in [0.1, 0.15) is 5.71 Å². The number of nitrogens with zero attached hydrogens (tertiary/aromatic N) is 5. The molecule has 4 rings (SSSR count). The number of hydrogen-bond acceptors (Lipinski definition) is 5. The molecule has 0 aliphatic carbocycles. The van der Waals surface area contributed by atoms with Crippen LogP contribution in [0.2, 0.25) is 0 Å². The number of benzene rings is 2. The van der Waals surface area contributed by atoms with Crippen molar-refractivity contribution >= 4 is 23.5 Å². The number of halogens is 3. The summed E-state index contributed by atoms with van der Waals surface area (Å²) >= 11 is 0. The molecule has 0 spiro atoms. The molecule has 2 unspecified atom stereocenters. The van der Waals surface area contributed by atoms with E-state index in [-0.39, 0.29) is 12.1 Å². The van der Waals surface area contributed by atoms with Crippen LogP contribution in [0.4, 0.5) is 18.9 Å². The van der Waals surface area contributed by atoms with Gasteiger partial charge in [-0.2, -0.15) is 18.3 Å². The third-order valence-corrected chi connectivity index (χ3v) is 7.10. The first-order chi connectivity index (χ1) is 19.0. The summed E-state index contributed by atoms with van der Waals surface area (Å²) in [6.07, 6.45) is -1.65. The quantitative estimate of drug-likeness (QED) is 0.269. The predicted molar refractivity (Wildman–Crippen MR) is 157 cm³/mol. The molecule has 2 atom stereocenters. The van der Waals surface area contributed by atoms with Crippen molar-refractivity contribution in [2.24, 2.45) is 10.2 Å². The smallest absolute Gasteiger partial charge is 0.311 e. The van der Waals surface area contributed by atoms with Crippen molar-refractivity contribution in [2.45, 2.75) is 64.8 Å². The molecule has 40 heavy (non-hydrogen) atoms. The summed E-state index contributed by atoms with van der Waals surface area (Å²) in [6, 6.07) is 17.4. The molecule has 2 aromatic carbocycles. The maximum absolute atomic E-state index is 12.6. The van der Waals surface area contributed by atoms with Gasteiger partial charge in [0.2, 0.25) is 6.41 Å². The molecule has 2 aromatic rings. The second kappa shape index (κ2) is 14.4. The summed E-state index contributed by atoms with van der Waals surface area (Å²) in [6.45, 7) is 14.9. The Bertz CT molecular complexity index is 1170. The summed E-state index contributed by atoms with van der Waals surface area (Å²) < 4.78 is 37.8. The van der Waals surface area contributed by atoms with Crippen LogP contribution in [0.25, 0.3) is 0 Å². The molecule has 0 bridgehead atoms. The minimum atomic E-state index is -4.45. The predicted octanol–water partition coefficient (Wildman–Crippen LogP) is 6.33. The van der Waals surface area contributed by atoms with E-state index in [4.69, 9.17) is 0 Å². The van der Waals surface area contributed by atoms with E-state index in [2.05, 4.69) is 54.4 Å². The fourth-order valence-corrected chi connectivity index (χ4v) is 5.10. The van der Waals surface area contributed by atoms with Gasteiger partial charge in [-0.15, -0.1) is 5.10 Å². The van der Waals surface area contributed by atoms with Crippen LogP contribution in [0, 0.1) is 0 Å². The van der Waals surface area contributed by atoms with Gasteiger partial charge in [-0.1, -0.05) is 68.0 Å². The zero-order chi connectivity index (χ0) is 29.3. The van der Waals surface area contributed by atoms with Crippen LogP contribution in [0.5, 0.6) is 0 Å². The third kappa shape index (κ3) is 8.86. The average Bonchev–Trinajstić information content (AvgIpc) is 3.42. The normalized spacial score (nSPS) is 19.8. The number of carbonyl (C=O) groups is 1. The van der Waals surface area contributed by atoms with E-state index in [1.807, 2.05) is 30.3 Å². The van der Waals surface area contributed by atoms with Crippen LogP contribution in [-0.4, -0.2) is 72.6 Å². The number of alkyl halides is 3. The van der Waals surface area contributed by atoms with E-state index in [9.17, 15) is 18.0 Å². The Labute approximate surface area is 235 Å². The minimum absolute atomic E-state index is 0.286. The molecule has 6 nitrogen and oxygen atoms in total. The lowest BCUT2D eigenvalue weighted by Gasteiger charge is -2.43. The Morgan fingerprint density at radius 1 is 1.05 bits per heavy atom. The van der Waals surface area contributed by atoms with Gasteiger partial charge in [0.25, 0.3) is 0 Å². The van der Waals surface area contributed by atoms with Gasteiger partial charge in [-0.3, -0.25) is 9.69 Å². The first-order valence-electron chi connectivity index (χ1n) is 13.7. The fraction of sp³-hybridized carbons (Fsp3) is 0.452. The van der Waals surface area contributed by atoms with Crippen LogP contribution >= 0.6 is 0 Å². The van der Waals surface area contributed by atoms with Crippen LogP contribution < -0.4 is 4.90 Å². The molecule has 0 saturated carbocycles. The molecule has 1 fully saturated rings. The van der Waals surface area contributed by atoms with Crippen LogP contribution in [0.3, 0.4) is 0 Å². The lowest BCUT2D eigenvalue weighted by Crippen LogP contribution is -2.55. The molecule has 0 aromatic heterocycles. The largest absolute Gasteiger partial charge is 0.431 e. The molecule has 1 amide bonds. The van der Waals surface area contributed by atoms with E-state index < -0.39 is 11.9 Å². The first kappa shape index (κ1) is 31.2. The van der Waals surface area contributed by atoms with E-state index >= 15 is 0 Å². The van der Waals surface area contributed by atoms with Crippen LogP contribution in [-0.2, 0) is 11.3 Å². The van der Waals surface area contributed by atoms with Crippen molar-refractivity contribution in [2.75, 3.05) is 31.6 Å². The summed E-state index contributed by atoms with van der Waals surface area (Å²) in [4.78, 5) is 17.9. The third-order valence-electron chi connectivity index (χ3n) is 7.10. The zero-order valence-corrected chi connectivity index (χ0v) is 23.9. The Morgan fingerprint density at radius 2 is 1.68 bits per heavy atom. The molecule has 9 heteroatoms. The van der Waals surface area contributed by atoms with E-state index in [0.717, 1.165) is 24.2 Å². The summed E-state index contributed by atoms with van der Waals surface area (Å²) in [5.74, 6) is 0. The monoisotopic (exact) mass is 555 g/mol. The van der Waals surface area contributed by atoms with Crippen LogP contribution in [0.15, 0.2) is 77.0 Å². The van der Waals surface area contributed by atoms with Gasteiger partial charge in [0, 0.05) is 43.8 Å². The van der Waals surface area contributed by atoms with Gasteiger partial charge < -0.3 is 9.80 Å². The molecule has 1 saturated heterocycles. The SMILES string of the molecule is C=C(CCC)CN1C(C)CN(C)CC1C.O=CN(Cc1ccc(C2=NN=C(C(F)(F)F)C2)cc1)c1ccccc1. The number of piperazine rings is 1. The maximum Gasteiger partial charge on any atom is 0.431 e. The van der Waals surface area contributed by atoms with E-state index in [1.165, 1.54) is 31.5 Å². The highest BCUT2D eigenvalue weighted by atomic mass is 19.4. The molecule has 0 N–H and O–H groups in total. The Hall–Kier alpha value is -3.30. The van der Waals surface area contributed by atoms with Crippen molar-refractivity contribution in [1.29, 1.82) is 0 Å². The van der Waals surface area contributed by atoms with Crippen molar-refractivity contribution in [3.63, 3.8) is 0 Å². The minimum Gasteiger partial charge on any atom is -0.311 e. The number of para-hydroxylation sites is 1. The van der Waals surface area contributed by atoms with Crippen molar-refractivity contribution in [3.8, 4) is 0 Å². The Morgan fingerprint density at radius 3 is 2.20 bits per heavy atom. The highest BCUT2D eigenvalue weighted by Crippen LogP contribution is 2.25. The molecule has 2 aliphatic heterocycles. The number of amides is 1. The second-order valence-corrected chi connectivity index (χ2v) is 10.6. The van der Waals surface area contributed by atoms with Gasteiger partial charge in [-0.05, 0) is 50.6 Å². The molecular weight excluding hydrogens is 515 g/mol. The Kier molecular flexibility index (Phi) is 11.2. The van der Waals surface area contributed by atoms with E-state index in [0.29, 0.717) is 24.2 Å². The van der Waals surface area contributed by atoms with E-state index in [1.54, 1.807) is 29.2 Å². The number of hydrogen-bond donors (Lipinski definition) is 0. The molecule has 2 aliphatic rings. The lowest BCUT2D eigenvalue weighted by atomic mass is 10.0. The van der Waals surface area contributed by atoms with Crippen molar-refractivity contribution in [1.82, 2.24) is 9.80 Å². The van der Waals surface area contributed by atoms with Gasteiger partial charge in [0.15, 0.2) is 0 Å². The zero-order valence-electron chi connectivity index (χ0n) is 23.9. The molecular formula is C31H40F3N5O. The molecule has 2 heterocycles. The topological polar surface area (TPSA) is 51.5 Å². The average molecular weight is 556 g/mol.